The van der Waals surface area contributed by atoms with Gasteiger partial charge in [-0.3, -0.25) is 0 Å². The molecule has 1 heterocycles. The lowest BCUT2D eigenvalue weighted by molar-refractivity contribution is 0.220. The number of nitrogens with one attached hydrogen (secondary N) is 1. The van der Waals surface area contributed by atoms with Crippen LogP contribution < -0.4 is 10.1 Å². The standard InChI is InChI=1S/C10H11BrFNO/c11-9-2-1-7(12)5-10(9)14-8-3-4-13-6-8/h1-2,5,8,13H,3-4,6H2/t8-/m1/s1. The smallest absolute Gasteiger partial charge is 0.136 e. The highest BCUT2D eigenvalue weighted by atomic mass is 79.9. The van der Waals surface area contributed by atoms with Crippen LogP contribution in [0.25, 0.3) is 0 Å². The molecule has 0 radical (unpaired) electrons. The highest BCUT2D eigenvalue weighted by Crippen LogP contribution is 2.27. The predicted molar refractivity (Wildman–Crippen MR) is 56.0 cm³/mol. The van der Waals surface area contributed by atoms with Crippen molar-refractivity contribution >= 4 is 15.9 Å². The maximum absolute atomic E-state index is 12.9. The second-order valence-corrected chi connectivity index (χ2v) is 4.16. The van der Waals surface area contributed by atoms with Crippen LogP contribution in [0.2, 0.25) is 0 Å². The molecule has 0 saturated carbocycles. The van der Waals surface area contributed by atoms with Crippen molar-refractivity contribution in [3.8, 4) is 5.75 Å². The Balaban J connectivity index is 2.10. The molecule has 1 aromatic carbocycles. The molecule has 0 unspecified atom stereocenters. The molecule has 0 spiro atoms. The summed E-state index contributed by atoms with van der Waals surface area (Å²) in [6.45, 7) is 1.81. The van der Waals surface area contributed by atoms with Gasteiger partial charge in [0, 0.05) is 12.6 Å². The van der Waals surface area contributed by atoms with Crippen molar-refractivity contribution in [1.82, 2.24) is 5.32 Å². The Bertz CT molecular complexity index is 326. The normalized spacial score (nSPS) is 21.1. The van der Waals surface area contributed by atoms with Gasteiger partial charge < -0.3 is 10.1 Å². The zero-order chi connectivity index (χ0) is 9.97. The SMILES string of the molecule is Fc1ccc(Br)c(O[C@@H]2CCNC2)c1. The molecule has 2 rings (SSSR count). The second kappa shape index (κ2) is 4.28. The molecule has 2 nitrogen and oxygen atoms in total. The average molecular weight is 260 g/mol. The van der Waals surface area contributed by atoms with Gasteiger partial charge >= 0.3 is 0 Å². The van der Waals surface area contributed by atoms with Crippen molar-refractivity contribution < 1.29 is 9.13 Å². The molecule has 1 aliphatic heterocycles. The van der Waals surface area contributed by atoms with E-state index < -0.39 is 0 Å². The largest absolute Gasteiger partial charge is 0.488 e. The van der Waals surface area contributed by atoms with E-state index in [2.05, 4.69) is 21.2 Å². The fourth-order valence-corrected chi connectivity index (χ4v) is 1.82. The van der Waals surface area contributed by atoms with Crippen molar-refractivity contribution in [3.05, 3.63) is 28.5 Å². The Labute approximate surface area is 90.6 Å². The van der Waals surface area contributed by atoms with E-state index in [0.717, 1.165) is 24.0 Å². The summed E-state index contributed by atoms with van der Waals surface area (Å²) >= 11 is 3.33. The number of halogens is 2. The van der Waals surface area contributed by atoms with Crippen molar-refractivity contribution in [3.63, 3.8) is 0 Å². The third kappa shape index (κ3) is 2.25. The van der Waals surface area contributed by atoms with Gasteiger partial charge in [0.1, 0.15) is 17.7 Å². The number of rotatable bonds is 2. The molecule has 14 heavy (non-hydrogen) atoms. The summed E-state index contributed by atoms with van der Waals surface area (Å²) in [7, 11) is 0. The lowest BCUT2D eigenvalue weighted by Gasteiger charge is -2.13. The first kappa shape index (κ1) is 9.93. The van der Waals surface area contributed by atoms with Crippen LogP contribution in [0.3, 0.4) is 0 Å². The summed E-state index contributed by atoms with van der Waals surface area (Å²) in [6, 6.07) is 4.47. The molecule has 76 valence electrons. The quantitative estimate of drug-likeness (QED) is 0.881. The third-order valence-corrected chi connectivity index (χ3v) is 2.86. The number of hydrogen-bond donors (Lipinski definition) is 1. The van der Waals surface area contributed by atoms with E-state index >= 15 is 0 Å². The Hall–Kier alpha value is -0.610. The van der Waals surface area contributed by atoms with Crippen molar-refractivity contribution in [1.29, 1.82) is 0 Å². The second-order valence-electron chi connectivity index (χ2n) is 3.31. The predicted octanol–water partition coefficient (Wildman–Crippen LogP) is 2.33. The van der Waals surface area contributed by atoms with Crippen LogP contribution in [-0.4, -0.2) is 19.2 Å². The Morgan fingerprint density at radius 1 is 1.50 bits per heavy atom. The third-order valence-electron chi connectivity index (χ3n) is 2.20. The van der Waals surface area contributed by atoms with Gasteiger partial charge in [-0.1, -0.05) is 0 Å². The van der Waals surface area contributed by atoms with Crippen molar-refractivity contribution in [2.75, 3.05) is 13.1 Å². The monoisotopic (exact) mass is 259 g/mol. The Morgan fingerprint density at radius 3 is 3.07 bits per heavy atom. The summed E-state index contributed by atoms with van der Waals surface area (Å²) in [5, 5.41) is 3.19. The first-order valence-electron chi connectivity index (χ1n) is 4.58. The summed E-state index contributed by atoms with van der Waals surface area (Å²) in [6.07, 6.45) is 1.14. The van der Waals surface area contributed by atoms with Gasteiger partial charge in [-0.15, -0.1) is 0 Å². The molecular formula is C10H11BrFNO. The van der Waals surface area contributed by atoms with Crippen LogP contribution >= 0.6 is 15.9 Å². The van der Waals surface area contributed by atoms with E-state index in [1.807, 2.05) is 0 Å². The number of benzene rings is 1. The van der Waals surface area contributed by atoms with E-state index in [1.165, 1.54) is 12.1 Å². The fraction of sp³-hybridized carbons (Fsp3) is 0.400. The van der Waals surface area contributed by atoms with Gasteiger partial charge in [0.15, 0.2) is 0 Å². The minimum absolute atomic E-state index is 0.160. The Kier molecular flexibility index (Phi) is 3.03. The van der Waals surface area contributed by atoms with Gasteiger partial charge in [-0.2, -0.15) is 0 Å². The topological polar surface area (TPSA) is 21.3 Å². The molecule has 1 atom stereocenters. The van der Waals surface area contributed by atoms with Crippen molar-refractivity contribution in [2.24, 2.45) is 0 Å². The lowest BCUT2D eigenvalue weighted by atomic mass is 10.3. The van der Waals surface area contributed by atoms with Crippen molar-refractivity contribution in [2.45, 2.75) is 12.5 Å². The summed E-state index contributed by atoms with van der Waals surface area (Å²) < 4.78 is 19.3. The molecule has 0 amide bonds. The number of ether oxygens (including phenoxy) is 1. The minimum atomic E-state index is -0.269. The maximum atomic E-state index is 12.9. The molecule has 0 aromatic heterocycles. The minimum Gasteiger partial charge on any atom is -0.488 e. The van der Waals surface area contributed by atoms with E-state index in [4.69, 9.17) is 4.74 Å². The first-order valence-corrected chi connectivity index (χ1v) is 5.37. The van der Waals surface area contributed by atoms with E-state index in [9.17, 15) is 4.39 Å². The van der Waals surface area contributed by atoms with Crippen LogP contribution in [-0.2, 0) is 0 Å². The van der Waals surface area contributed by atoms with Gasteiger partial charge in [0.05, 0.1) is 4.47 Å². The molecule has 1 saturated heterocycles. The van der Waals surface area contributed by atoms with Gasteiger partial charge in [-0.05, 0) is 41.0 Å². The first-order chi connectivity index (χ1) is 6.75. The van der Waals surface area contributed by atoms with Crippen LogP contribution in [0.15, 0.2) is 22.7 Å². The molecule has 0 aliphatic carbocycles. The molecule has 0 bridgehead atoms. The molecule has 4 heteroatoms. The van der Waals surface area contributed by atoms with Gasteiger partial charge in [0.2, 0.25) is 0 Å². The van der Waals surface area contributed by atoms with Gasteiger partial charge in [0.25, 0.3) is 0 Å². The molecule has 1 aliphatic rings. The van der Waals surface area contributed by atoms with Crippen LogP contribution in [0.4, 0.5) is 4.39 Å². The molecular weight excluding hydrogens is 249 g/mol. The summed E-state index contributed by atoms with van der Waals surface area (Å²) in [5.74, 6) is 0.313. The fourth-order valence-electron chi connectivity index (χ4n) is 1.48. The van der Waals surface area contributed by atoms with E-state index in [-0.39, 0.29) is 11.9 Å². The average Bonchev–Trinajstić information content (AvgIpc) is 2.64. The Morgan fingerprint density at radius 2 is 2.36 bits per heavy atom. The highest BCUT2D eigenvalue weighted by Gasteiger charge is 2.17. The lowest BCUT2D eigenvalue weighted by Crippen LogP contribution is -2.19. The van der Waals surface area contributed by atoms with Crippen LogP contribution in [0.5, 0.6) is 5.75 Å². The summed E-state index contributed by atoms with van der Waals surface area (Å²) in [5.41, 5.74) is 0. The van der Waals surface area contributed by atoms with E-state index in [1.54, 1.807) is 6.07 Å². The molecule has 1 fully saturated rings. The maximum Gasteiger partial charge on any atom is 0.136 e. The number of hydrogen-bond acceptors (Lipinski definition) is 2. The molecule has 1 aromatic rings. The molecule has 1 N–H and O–H groups in total. The van der Waals surface area contributed by atoms with E-state index in [0.29, 0.717) is 5.75 Å². The zero-order valence-corrected chi connectivity index (χ0v) is 9.18. The zero-order valence-electron chi connectivity index (χ0n) is 7.59. The summed E-state index contributed by atoms with van der Waals surface area (Å²) in [4.78, 5) is 0. The highest BCUT2D eigenvalue weighted by molar-refractivity contribution is 9.10. The van der Waals surface area contributed by atoms with Gasteiger partial charge in [-0.25, -0.2) is 4.39 Å². The van der Waals surface area contributed by atoms with Crippen LogP contribution in [0.1, 0.15) is 6.42 Å². The van der Waals surface area contributed by atoms with Crippen LogP contribution in [0, 0.1) is 5.82 Å².